The van der Waals surface area contributed by atoms with Gasteiger partial charge in [0, 0.05) is 38.5 Å². The lowest BCUT2D eigenvalue weighted by molar-refractivity contribution is -0.125. The molecule has 1 atom stereocenters. The second-order valence-corrected chi connectivity index (χ2v) is 9.58. The van der Waals surface area contributed by atoms with E-state index in [2.05, 4.69) is 20.6 Å². The number of urea groups is 1. The Kier molecular flexibility index (Phi) is 5.49. The highest BCUT2D eigenvalue weighted by Crippen LogP contribution is 2.36. The molecule has 0 saturated carbocycles. The van der Waals surface area contributed by atoms with Gasteiger partial charge in [0.15, 0.2) is 22.7 Å². The van der Waals surface area contributed by atoms with Crippen LogP contribution in [-0.2, 0) is 16.9 Å². The van der Waals surface area contributed by atoms with E-state index in [0.717, 1.165) is 11.4 Å². The number of ether oxygens (including phenoxy) is 1. The number of anilines is 1. The van der Waals surface area contributed by atoms with Crippen molar-refractivity contribution >= 4 is 34.8 Å². The number of methoxy groups -OCH3 is 1. The fraction of sp³-hybridized carbons (Fsp3) is 0.222. The molecule has 1 aromatic carbocycles. The summed E-state index contributed by atoms with van der Waals surface area (Å²) in [5.74, 6) is -1.26. The molecule has 1 unspecified atom stereocenters. The van der Waals surface area contributed by atoms with Gasteiger partial charge < -0.3 is 24.3 Å². The molecule has 2 N–H and O–H groups in total. The highest BCUT2D eigenvalue weighted by Gasteiger charge is 2.53. The van der Waals surface area contributed by atoms with Crippen LogP contribution in [0.5, 0.6) is 5.75 Å². The number of imide groups is 1. The van der Waals surface area contributed by atoms with E-state index >= 15 is 0 Å². The van der Waals surface area contributed by atoms with Crippen LogP contribution in [0.1, 0.15) is 21.7 Å². The summed E-state index contributed by atoms with van der Waals surface area (Å²) in [5, 5.41) is 4.85. The third kappa shape index (κ3) is 3.83. The molecule has 2 aliphatic heterocycles. The van der Waals surface area contributed by atoms with Crippen LogP contribution in [0.15, 0.2) is 53.1 Å². The van der Waals surface area contributed by atoms with E-state index in [0.29, 0.717) is 22.4 Å². The summed E-state index contributed by atoms with van der Waals surface area (Å²) < 4.78 is 25.9. The van der Waals surface area contributed by atoms with Crippen molar-refractivity contribution in [2.75, 3.05) is 32.6 Å². The summed E-state index contributed by atoms with van der Waals surface area (Å²) in [6, 6.07) is 11.1. The zero-order valence-electron chi connectivity index (χ0n) is 21.2. The average molecular weight is 531 g/mol. The molecular formula is C27H23FN6O5. The van der Waals surface area contributed by atoms with Crippen LogP contribution in [-0.4, -0.2) is 60.5 Å². The number of benzene rings is 1. The van der Waals surface area contributed by atoms with Crippen LogP contribution in [0, 0.1) is 5.82 Å². The maximum absolute atomic E-state index is 14.9. The van der Waals surface area contributed by atoms with Crippen molar-refractivity contribution in [3.63, 3.8) is 0 Å². The molecule has 6 rings (SSSR count). The van der Waals surface area contributed by atoms with Crippen LogP contribution >= 0.6 is 0 Å². The molecule has 4 aromatic rings. The first kappa shape index (κ1) is 24.3. The summed E-state index contributed by atoms with van der Waals surface area (Å²) >= 11 is 0. The molecule has 11 nitrogen and oxygen atoms in total. The van der Waals surface area contributed by atoms with E-state index < -0.39 is 29.2 Å². The maximum Gasteiger partial charge on any atom is 0.322 e. The highest BCUT2D eigenvalue weighted by atomic mass is 19.1. The molecule has 198 valence electrons. The van der Waals surface area contributed by atoms with Gasteiger partial charge in [-0.2, -0.15) is 0 Å². The van der Waals surface area contributed by atoms with E-state index in [1.165, 1.54) is 18.1 Å². The van der Waals surface area contributed by atoms with Gasteiger partial charge in [0.25, 0.3) is 11.8 Å². The summed E-state index contributed by atoms with van der Waals surface area (Å²) in [6.07, 6.45) is 1.71. The minimum Gasteiger partial charge on any atom is -0.494 e. The number of nitrogens with zero attached hydrogens (tertiary/aromatic N) is 4. The Morgan fingerprint density at radius 3 is 2.64 bits per heavy atom. The number of fused-ring (bicyclic) bond motifs is 2. The fourth-order valence-corrected chi connectivity index (χ4v) is 4.92. The molecule has 1 saturated heterocycles. The number of carbonyl (C=O) groups is 3. The summed E-state index contributed by atoms with van der Waals surface area (Å²) in [4.78, 5) is 50.9. The molecule has 0 bridgehead atoms. The predicted octanol–water partition coefficient (Wildman–Crippen LogP) is 2.79. The molecule has 1 fully saturated rings. The number of nitrogens with one attached hydrogen (secondary N) is 2. The van der Waals surface area contributed by atoms with E-state index in [9.17, 15) is 18.8 Å². The third-order valence-electron chi connectivity index (χ3n) is 6.94. The average Bonchev–Trinajstić information content (AvgIpc) is 3.57. The molecule has 0 aliphatic carbocycles. The van der Waals surface area contributed by atoms with Crippen LogP contribution in [0.4, 0.5) is 15.0 Å². The topological polar surface area (TPSA) is 130 Å². The smallest absolute Gasteiger partial charge is 0.322 e. The Morgan fingerprint density at radius 2 is 1.97 bits per heavy atom. The van der Waals surface area contributed by atoms with Crippen molar-refractivity contribution in [2.24, 2.45) is 0 Å². The zero-order valence-corrected chi connectivity index (χ0v) is 21.2. The van der Waals surface area contributed by atoms with Gasteiger partial charge >= 0.3 is 6.03 Å². The second-order valence-electron chi connectivity index (χ2n) is 9.58. The number of halogens is 1. The number of amides is 4. The van der Waals surface area contributed by atoms with Crippen molar-refractivity contribution in [1.29, 1.82) is 0 Å². The van der Waals surface area contributed by atoms with Crippen LogP contribution in [0.2, 0.25) is 0 Å². The number of furan rings is 1. The van der Waals surface area contributed by atoms with E-state index in [4.69, 9.17) is 9.15 Å². The number of aromatic nitrogens is 2. The Labute approximate surface area is 221 Å². The molecule has 39 heavy (non-hydrogen) atoms. The Bertz CT molecular complexity index is 1670. The molecule has 3 aromatic heterocycles. The third-order valence-corrected chi connectivity index (χ3v) is 6.94. The number of carbonyl (C=O) groups excluding carboxylic acids is 3. The molecular weight excluding hydrogens is 507 g/mol. The normalized spacial score (nSPS) is 18.4. The Balaban J connectivity index is 1.36. The molecule has 2 aliphatic rings. The molecule has 0 radical (unpaired) electrons. The van der Waals surface area contributed by atoms with Crippen LogP contribution < -0.4 is 20.3 Å². The number of hydrogen-bond acceptors (Lipinski definition) is 8. The van der Waals surface area contributed by atoms with Crippen molar-refractivity contribution in [2.45, 2.75) is 12.1 Å². The largest absolute Gasteiger partial charge is 0.494 e. The first-order chi connectivity index (χ1) is 18.7. The molecule has 5 heterocycles. The lowest BCUT2D eigenvalue weighted by Crippen LogP contribution is -2.52. The van der Waals surface area contributed by atoms with Crippen LogP contribution in [0.3, 0.4) is 0 Å². The Hall–Kier alpha value is -5.00. The van der Waals surface area contributed by atoms with Crippen LogP contribution in [0.25, 0.3) is 22.4 Å². The first-order valence-corrected chi connectivity index (χ1v) is 12.0. The predicted molar refractivity (Wildman–Crippen MR) is 138 cm³/mol. The van der Waals surface area contributed by atoms with Crippen molar-refractivity contribution in [3.8, 4) is 17.0 Å². The van der Waals surface area contributed by atoms with Gasteiger partial charge in [-0.1, -0.05) is 6.07 Å². The van der Waals surface area contributed by atoms with Crippen molar-refractivity contribution in [1.82, 2.24) is 25.5 Å². The van der Waals surface area contributed by atoms with Gasteiger partial charge in [0.1, 0.15) is 17.1 Å². The quantitative estimate of drug-likeness (QED) is 0.364. The van der Waals surface area contributed by atoms with E-state index in [1.54, 1.807) is 30.5 Å². The van der Waals surface area contributed by atoms with Gasteiger partial charge in [-0.05, 0) is 35.9 Å². The summed E-state index contributed by atoms with van der Waals surface area (Å²) in [5.41, 5.74) is 0.819. The first-order valence-electron chi connectivity index (χ1n) is 12.0. The van der Waals surface area contributed by atoms with E-state index in [1.807, 2.05) is 31.1 Å². The summed E-state index contributed by atoms with van der Waals surface area (Å²) in [7, 11) is 5.11. The van der Waals surface area contributed by atoms with E-state index in [-0.39, 0.29) is 30.2 Å². The molecule has 4 amide bonds. The molecule has 12 heteroatoms. The lowest BCUT2D eigenvalue weighted by atomic mass is 9.95. The maximum atomic E-state index is 14.9. The zero-order chi connectivity index (χ0) is 27.5. The van der Waals surface area contributed by atoms with Gasteiger partial charge in [0.2, 0.25) is 0 Å². The van der Waals surface area contributed by atoms with Gasteiger partial charge in [-0.15, -0.1) is 0 Å². The minimum absolute atomic E-state index is 0.0402. The van der Waals surface area contributed by atoms with Gasteiger partial charge in [0.05, 0.1) is 24.9 Å². The standard InChI is InChI=1S/C27H23FN6O5/c1-33(2)21-9-5-14(11-29-21)16-6-8-18-17(30-16)10-20(39-18)27(25(36)31-26(37)32-27)13-34-12-15-4-7-19(38-3)23(28)22(15)24(34)35/h4-11H,12-13H2,1-3H3,(H2,31,32,36,37). The second kappa shape index (κ2) is 8.79. The van der Waals surface area contributed by atoms with Crippen molar-refractivity contribution in [3.05, 3.63) is 71.4 Å². The molecule has 0 spiro atoms. The fourth-order valence-electron chi connectivity index (χ4n) is 4.92. The lowest BCUT2D eigenvalue weighted by Gasteiger charge is -2.28. The number of hydrogen-bond donors (Lipinski definition) is 2. The SMILES string of the molecule is COc1ccc2c(c1F)C(=O)N(CC1(c3cc4nc(-c5ccc(N(C)C)nc5)ccc4o3)NC(=O)NC1=O)C2. The summed E-state index contributed by atoms with van der Waals surface area (Å²) in [6.45, 7) is -0.249. The van der Waals surface area contributed by atoms with Crippen molar-refractivity contribution < 1.29 is 27.9 Å². The van der Waals surface area contributed by atoms with Gasteiger partial charge in [-0.3, -0.25) is 14.9 Å². The van der Waals surface area contributed by atoms with Gasteiger partial charge in [-0.25, -0.2) is 19.2 Å². The monoisotopic (exact) mass is 530 g/mol. The number of pyridine rings is 2. The minimum atomic E-state index is -1.74. The Morgan fingerprint density at radius 1 is 1.15 bits per heavy atom. The number of rotatable bonds is 6. The highest BCUT2D eigenvalue weighted by molar-refractivity contribution is 6.08.